The number of aromatic nitrogens is 2. The molecule has 0 saturated carbocycles. The summed E-state index contributed by atoms with van der Waals surface area (Å²) in [5.41, 5.74) is 4.58. The van der Waals surface area contributed by atoms with E-state index in [1.165, 1.54) is 0 Å². The molecule has 1 heterocycles. The molecule has 0 fully saturated rings. The molecule has 0 radical (unpaired) electrons. The van der Waals surface area contributed by atoms with Crippen molar-refractivity contribution in [2.45, 2.75) is 6.92 Å². The Hall–Kier alpha value is -2.38. The number of carbonyl (C=O) groups excluding carboxylic acids is 1. The molecule has 2 aromatic rings. The molecule has 0 bridgehead atoms. The van der Waals surface area contributed by atoms with Crippen molar-refractivity contribution < 1.29 is 14.3 Å². The van der Waals surface area contributed by atoms with Crippen LogP contribution in [-0.4, -0.2) is 36.4 Å². The lowest BCUT2D eigenvalue weighted by atomic mass is 10.1. The van der Waals surface area contributed by atoms with E-state index in [1.54, 1.807) is 14.0 Å². The van der Waals surface area contributed by atoms with E-state index in [2.05, 4.69) is 15.6 Å². The minimum atomic E-state index is -0.378. The number of nitrogens with zero attached hydrogens (tertiary/aromatic N) is 1. The molecule has 112 valence electrons. The van der Waals surface area contributed by atoms with Crippen LogP contribution in [0.4, 0.5) is 0 Å². The second-order valence-electron chi connectivity index (χ2n) is 4.41. The Bertz CT molecular complexity index is 607. The van der Waals surface area contributed by atoms with Crippen molar-refractivity contribution >= 4 is 5.91 Å². The van der Waals surface area contributed by atoms with Crippen molar-refractivity contribution in [3.8, 4) is 17.0 Å². The zero-order valence-electron chi connectivity index (χ0n) is 12.0. The molecule has 0 aliphatic carbocycles. The molecule has 21 heavy (non-hydrogen) atoms. The second kappa shape index (κ2) is 6.87. The van der Waals surface area contributed by atoms with Crippen molar-refractivity contribution in [3.63, 3.8) is 0 Å². The van der Waals surface area contributed by atoms with E-state index in [0.29, 0.717) is 30.2 Å². The van der Waals surface area contributed by atoms with Gasteiger partial charge in [-0.3, -0.25) is 15.3 Å². The molecule has 0 atom stereocenters. The van der Waals surface area contributed by atoms with Gasteiger partial charge in [0.1, 0.15) is 18.1 Å². The van der Waals surface area contributed by atoms with Gasteiger partial charge in [0.05, 0.1) is 12.2 Å². The van der Waals surface area contributed by atoms with Crippen LogP contribution in [0.1, 0.15) is 16.1 Å². The third kappa shape index (κ3) is 3.39. The van der Waals surface area contributed by atoms with E-state index in [1.807, 2.05) is 24.3 Å². The summed E-state index contributed by atoms with van der Waals surface area (Å²) in [4.78, 5) is 11.8. The predicted octanol–water partition coefficient (Wildman–Crippen LogP) is 1.01. The summed E-state index contributed by atoms with van der Waals surface area (Å²) in [6.07, 6.45) is 0. The highest BCUT2D eigenvalue weighted by atomic mass is 16.5. The maximum absolute atomic E-state index is 11.8. The smallest absolute Gasteiger partial charge is 0.269 e. The third-order valence-electron chi connectivity index (χ3n) is 2.99. The first kappa shape index (κ1) is 15.0. The van der Waals surface area contributed by atoms with Gasteiger partial charge in [0.2, 0.25) is 0 Å². The highest BCUT2D eigenvalue weighted by Gasteiger charge is 2.18. The summed E-state index contributed by atoms with van der Waals surface area (Å²) in [7, 11) is 1.62. The van der Waals surface area contributed by atoms with Crippen LogP contribution in [0.2, 0.25) is 0 Å². The number of amides is 1. The third-order valence-corrected chi connectivity index (χ3v) is 2.99. The summed E-state index contributed by atoms with van der Waals surface area (Å²) >= 11 is 0. The number of ether oxygens (including phenoxy) is 2. The number of benzene rings is 1. The minimum Gasteiger partial charge on any atom is -0.491 e. The Morgan fingerprint density at radius 3 is 2.67 bits per heavy atom. The van der Waals surface area contributed by atoms with Crippen LogP contribution < -0.4 is 16.0 Å². The maximum atomic E-state index is 11.8. The van der Waals surface area contributed by atoms with Gasteiger partial charge in [-0.1, -0.05) is 0 Å². The zero-order chi connectivity index (χ0) is 15.2. The number of aryl methyl sites for hydroxylation is 1. The Balaban J connectivity index is 2.21. The molecule has 0 saturated heterocycles. The van der Waals surface area contributed by atoms with Crippen molar-refractivity contribution in [2.75, 3.05) is 20.3 Å². The monoisotopic (exact) mass is 290 g/mol. The molecule has 1 aromatic carbocycles. The highest BCUT2D eigenvalue weighted by Crippen LogP contribution is 2.25. The topological polar surface area (TPSA) is 102 Å². The summed E-state index contributed by atoms with van der Waals surface area (Å²) in [6, 6.07) is 7.31. The normalized spacial score (nSPS) is 10.4. The van der Waals surface area contributed by atoms with Crippen molar-refractivity contribution in [1.82, 2.24) is 15.6 Å². The summed E-state index contributed by atoms with van der Waals surface area (Å²) in [5.74, 6) is 5.55. The van der Waals surface area contributed by atoms with Crippen LogP contribution in [0, 0.1) is 6.92 Å². The number of methoxy groups -OCH3 is 1. The molecule has 0 aliphatic rings. The predicted molar refractivity (Wildman–Crippen MR) is 77.8 cm³/mol. The quantitative estimate of drug-likeness (QED) is 0.319. The van der Waals surface area contributed by atoms with Crippen LogP contribution in [0.15, 0.2) is 24.3 Å². The van der Waals surface area contributed by atoms with E-state index in [0.717, 1.165) is 11.3 Å². The van der Waals surface area contributed by atoms with Crippen molar-refractivity contribution in [1.29, 1.82) is 0 Å². The molecular formula is C14H18N4O3. The van der Waals surface area contributed by atoms with E-state index in [-0.39, 0.29) is 5.91 Å². The lowest BCUT2D eigenvalue weighted by Crippen LogP contribution is -2.30. The Morgan fingerprint density at radius 1 is 1.33 bits per heavy atom. The first-order valence-corrected chi connectivity index (χ1v) is 6.45. The van der Waals surface area contributed by atoms with Crippen LogP contribution in [0.5, 0.6) is 5.75 Å². The number of hydrogen-bond donors (Lipinski definition) is 3. The molecule has 0 spiro atoms. The molecule has 1 aromatic heterocycles. The maximum Gasteiger partial charge on any atom is 0.269 e. The Morgan fingerprint density at radius 2 is 2.05 bits per heavy atom. The first-order valence-electron chi connectivity index (χ1n) is 6.45. The lowest BCUT2D eigenvalue weighted by Gasteiger charge is -2.07. The van der Waals surface area contributed by atoms with Gasteiger partial charge in [0.25, 0.3) is 5.91 Å². The number of aromatic amines is 1. The average Bonchev–Trinajstić information content (AvgIpc) is 2.89. The van der Waals surface area contributed by atoms with Crippen LogP contribution in [0.3, 0.4) is 0 Å². The van der Waals surface area contributed by atoms with Crippen molar-refractivity contribution in [3.05, 3.63) is 35.5 Å². The summed E-state index contributed by atoms with van der Waals surface area (Å²) < 4.78 is 10.4. The molecule has 1 amide bonds. The van der Waals surface area contributed by atoms with Crippen LogP contribution in [-0.2, 0) is 4.74 Å². The van der Waals surface area contributed by atoms with Gasteiger partial charge in [-0.05, 0) is 31.2 Å². The highest BCUT2D eigenvalue weighted by molar-refractivity contribution is 6.00. The van der Waals surface area contributed by atoms with Gasteiger partial charge >= 0.3 is 0 Å². The van der Waals surface area contributed by atoms with Gasteiger partial charge in [-0.2, -0.15) is 5.10 Å². The molecule has 4 N–H and O–H groups in total. The van der Waals surface area contributed by atoms with Gasteiger partial charge in [-0.25, -0.2) is 5.84 Å². The van der Waals surface area contributed by atoms with Gasteiger partial charge in [0.15, 0.2) is 0 Å². The SMILES string of the molecule is COCCOc1ccc(-c2n[nH]c(C)c2C(=O)NN)cc1. The van der Waals surface area contributed by atoms with Crippen LogP contribution in [0.25, 0.3) is 11.3 Å². The fraction of sp³-hybridized carbons (Fsp3) is 0.286. The van der Waals surface area contributed by atoms with Crippen LogP contribution >= 0.6 is 0 Å². The number of rotatable bonds is 6. The number of nitrogens with two attached hydrogens (primary N) is 1. The molecule has 0 unspecified atom stereocenters. The van der Waals surface area contributed by atoms with E-state index >= 15 is 0 Å². The summed E-state index contributed by atoms with van der Waals surface area (Å²) in [5, 5.41) is 6.95. The lowest BCUT2D eigenvalue weighted by molar-refractivity contribution is 0.0954. The standard InChI is InChI=1S/C14H18N4O3/c1-9-12(14(19)16-15)13(18-17-9)10-3-5-11(6-4-10)21-8-7-20-2/h3-6H,7-8,15H2,1-2H3,(H,16,19)(H,17,18). The van der Waals surface area contributed by atoms with Crippen molar-refractivity contribution in [2.24, 2.45) is 5.84 Å². The minimum absolute atomic E-state index is 0.378. The number of carbonyl (C=O) groups is 1. The molecule has 7 nitrogen and oxygen atoms in total. The zero-order valence-corrected chi connectivity index (χ0v) is 12.0. The number of H-pyrrole nitrogens is 1. The molecular weight excluding hydrogens is 272 g/mol. The van der Waals surface area contributed by atoms with Gasteiger partial charge in [-0.15, -0.1) is 0 Å². The average molecular weight is 290 g/mol. The molecule has 7 heteroatoms. The number of hydrogen-bond acceptors (Lipinski definition) is 5. The van der Waals surface area contributed by atoms with E-state index in [9.17, 15) is 4.79 Å². The number of hydrazine groups is 1. The Kier molecular flexibility index (Phi) is 4.91. The first-order chi connectivity index (χ1) is 10.2. The summed E-state index contributed by atoms with van der Waals surface area (Å²) in [6.45, 7) is 2.78. The van der Waals surface area contributed by atoms with Gasteiger partial charge < -0.3 is 9.47 Å². The van der Waals surface area contributed by atoms with E-state index in [4.69, 9.17) is 15.3 Å². The second-order valence-corrected chi connectivity index (χ2v) is 4.41. The number of nitrogen functional groups attached to an aromatic ring is 1. The molecule has 2 rings (SSSR count). The largest absolute Gasteiger partial charge is 0.491 e. The molecule has 0 aliphatic heterocycles. The fourth-order valence-corrected chi connectivity index (χ4v) is 1.94. The van der Waals surface area contributed by atoms with E-state index < -0.39 is 0 Å². The fourth-order valence-electron chi connectivity index (χ4n) is 1.94. The number of nitrogens with one attached hydrogen (secondary N) is 2. The van der Waals surface area contributed by atoms with Gasteiger partial charge in [0, 0.05) is 18.4 Å². The Labute approximate surface area is 122 Å².